The van der Waals surface area contributed by atoms with Gasteiger partial charge in [0.1, 0.15) is 29.0 Å². The van der Waals surface area contributed by atoms with E-state index < -0.39 is 5.60 Å². The van der Waals surface area contributed by atoms with E-state index in [1.54, 1.807) is 23.8 Å². The van der Waals surface area contributed by atoms with Crippen LogP contribution in [0.15, 0.2) is 30.6 Å². The van der Waals surface area contributed by atoms with Gasteiger partial charge in [0.15, 0.2) is 5.65 Å². The van der Waals surface area contributed by atoms with Gasteiger partial charge in [0, 0.05) is 25.9 Å². The predicted octanol–water partition coefficient (Wildman–Crippen LogP) is 2.10. The van der Waals surface area contributed by atoms with Gasteiger partial charge >= 0.3 is 0 Å². The molecule has 4 N–H and O–H groups in total. The van der Waals surface area contributed by atoms with E-state index >= 15 is 0 Å². The lowest BCUT2D eigenvalue weighted by Crippen LogP contribution is -2.27. The van der Waals surface area contributed by atoms with Crippen LogP contribution in [0.5, 0.6) is 5.88 Å². The van der Waals surface area contributed by atoms with Crippen LogP contribution >= 0.6 is 0 Å². The van der Waals surface area contributed by atoms with Crippen molar-refractivity contribution in [3.05, 3.63) is 36.2 Å². The van der Waals surface area contributed by atoms with Crippen LogP contribution < -0.4 is 20.7 Å². The fraction of sp³-hybridized carbons (Fsp3) is 0.429. The van der Waals surface area contributed by atoms with Gasteiger partial charge in [-0.25, -0.2) is 9.97 Å². The molecule has 0 unspecified atom stereocenters. The van der Waals surface area contributed by atoms with Crippen molar-refractivity contribution < 1.29 is 14.6 Å². The van der Waals surface area contributed by atoms with Crippen LogP contribution in [0.4, 0.5) is 17.3 Å². The number of nitrogens with one attached hydrogen (secondary N) is 3. The second kappa shape index (κ2) is 7.69. The lowest BCUT2D eigenvalue weighted by atomic mass is 10.2. The molecule has 5 rings (SSSR count). The third-order valence-corrected chi connectivity index (χ3v) is 5.51. The van der Waals surface area contributed by atoms with Crippen molar-refractivity contribution >= 4 is 28.9 Å². The van der Waals surface area contributed by atoms with Gasteiger partial charge in [-0.1, -0.05) is 0 Å². The number of rotatable bonds is 9. The normalized spacial score (nSPS) is 16.7. The lowest BCUT2D eigenvalue weighted by molar-refractivity contribution is 0.0937. The molecular weight excluding hydrogens is 398 g/mol. The fourth-order valence-corrected chi connectivity index (χ4v) is 3.32. The van der Waals surface area contributed by atoms with Crippen LogP contribution in [0.25, 0.3) is 5.65 Å². The SMILES string of the molecule is CNc1cc(Nc2cccnc2OC2CC2)nc2c(C(=O)NCCC3(O)CC3)cnn12. The van der Waals surface area contributed by atoms with Gasteiger partial charge in [-0.2, -0.15) is 9.61 Å². The van der Waals surface area contributed by atoms with Crippen LogP contribution in [-0.2, 0) is 0 Å². The summed E-state index contributed by atoms with van der Waals surface area (Å²) < 4.78 is 7.46. The number of ether oxygens (including phenoxy) is 1. The maximum atomic E-state index is 12.7. The summed E-state index contributed by atoms with van der Waals surface area (Å²) in [5.74, 6) is 1.46. The minimum atomic E-state index is -0.604. The summed E-state index contributed by atoms with van der Waals surface area (Å²) in [6.07, 6.45) is 7.62. The van der Waals surface area contributed by atoms with Gasteiger partial charge in [-0.15, -0.1) is 0 Å². The molecular formula is C21H25N7O3. The highest BCUT2D eigenvalue weighted by molar-refractivity contribution is 6.00. The summed E-state index contributed by atoms with van der Waals surface area (Å²) in [6.45, 7) is 0.404. The molecule has 3 aromatic heterocycles. The molecule has 1 amide bonds. The second-order valence-corrected chi connectivity index (χ2v) is 8.10. The third-order valence-electron chi connectivity index (χ3n) is 5.51. The van der Waals surface area contributed by atoms with Crippen LogP contribution in [0.2, 0.25) is 0 Å². The molecule has 31 heavy (non-hydrogen) atoms. The number of aliphatic hydroxyl groups is 1. The molecule has 2 fully saturated rings. The van der Waals surface area contributed by atoms with Crippen molar-refractivity contribution in [2.24, 2.45) is 0 Å². The van der Waals surface area contributed by atoms with E-state index in [0.717, 1.165) is 25.7 Å². The topological polar surface area (TPSA) is 126 Å². The molecule has 3 aromatic rings. The molecule has 0 aromatic carbocycles. The molecule has 0 bridgehead atoms. The van der Waals surface area contributed by atoms with Crippen molar-refractivity contribution in [3.8, 4) is 5.88 Å². The molecule has 0 atom stereocenters. The molecule has 0 radical (unpaired) electrons. The zero-order valence-corrected chi connectivity index (χ0v) is 17.3. The molecule has 10 heteroatoms. The summed E-state index contributed by atoms with van der Waals surface area (Å²) in [5, 5.41) is 23.5. The van der Waals surface area contributed by atoms with Crippen molar-refractivity contribution in [2.45, 2.75) is 43.8 Å². The Bertz CT molecular complexity index is 1120. The summed E-state index contributed by atoms with van der Waals surface area (Å²) in [7, 11) is 1.78. The van der Waals surface area contributed by atoms with E-state index in [4.69, 9.17) is 4.74 Å². The number of nitrogens with zero attached hydrogens (tertiary/aromatic N) is 4. The fourth-order valence-electron chi connectivity index (χ4n) is 3.32. The number of hydrogen-bond acceptors (Lipinski definition) is 8. The smallest absolute Gasteiger partial charge is 0.256 e. The van der Waals surface area contributed by atoms with Crippen LogP contribution in [0.3, 0.4) is 0 Å². The van der Waals surface area contributed by atoms with Crippen LogP contribution in [0, 0.1) is 0 Å². The van der Waals surface area contributed by atoms with Gasteiger partial charge in [0.25, 0.3) is 5.91 Å². The van der Waals surface area contributed by atoms with Crippen molar-refractivity contribution in [2.75, 3.05) is 24.2 Å². The first-order chi connectivity index (χ1) is 15.0. The van der Waals surface area contributed by atoms with E-state index in [2.05, 4.69) is 31.0 Å². The molecule has 0 spiro atoms. The summed E-state index contributed by atoms with van der Waals surface area (Å²) in [4.78, 5) is 21.7. The Labute approximate surface area is 179 Å². The third kappa shape index (κ3) is 4.24. The first-order valence-corrected chi connectivity index (χ1v) is 10.5. The van der Waals surface area contributed by atoms with E-state index in [-0.39, 0.29) is 12.0 Å². The van der Waals surface area contributed by atoms with Gasteiger partial charge < -0.3 is 25.8 Å². The maximum Gasteiger partial charge on any atom is 0.256 e. The predicted molar refractivity (Wildman–Crippen MR) is 115 cm³/mol. The van der Waals surface area contributed by atoms with Crippen LogP contribution in [0.1, 0.15) is 42.5 Å². The Hall–Kier alpha value is -3.40. The van der Waals surface area contributed by atoms with E-state index in [1.165, 1.54) is 6.20 Å². The molecule has 3 heterocycles. The number of fused-ring (bicyclic) bond motifs is 1. The average Bonchev–Trinajstić information content (AvgIpc) is 3.68. The first-order valence-electron chi connectivity index (χ1n) is 10.5. The number of anilines is 3. The first kappa shape index (κ1) is 19.6. The molecule has 2 saturated carbocycles. The molecule has 2 aliphatic carbocycles. The maximum absolute atomic E-state index is 12.7. The molecule has 10 nitrogen and oxygen atoms in total. The Morgan fingerprint density at radius 2 is 2.23 bits per heavy atom. The molecule has 162 valence electrons. The van der Waals surface area contributed by atoms with Gasteiger partial charge in [0.05, 0.1) is 11.8 Å². The number of hydrogen-bond donors (Lipinski definition) is 4. The van der Waals surface area contributed by atoms with Crippen molar-refractivity contribution in [1.82, 2.24) is 24.9 Å². The number of pyridine rings is 1. The summed E-state index contributed by atoms with van der Waals surface area (Å²) in [5.41, 5.74) is 0.887. The second-order valence-electron chi connectivity index (χ2n) is 8.10. The Morgan fingerprint density at radius 1 is 1.39 bits per heavy atom. The zero-order chi connectivity index (χ0) is 21.4. The standard InChI is InChI=1S/C21H25N7O3/c1-22-17-11-16(26-15-3-2-9-24-20(15)31-13-4-5-13)27-18-14(12-25-28(17)18)19(29)23-10-8-21(30)6-7-21/h2-3,9,11-13,22,30H,4-8,10H2,1H3,(H,23,29)(H,26,27). The lowest BCUT2D eigenvalue weighted by Gasteiger charge is -2.13. The highest BCUT2D eigenvalue weighted by Gasteiger charge is 2.39. The van der Waals surface area contributed by atoms with E-state index in [1.807, 2.05) is 12.1 Å². The van der Waals surface area contributed by atoms with Crippen LogP contribution in [-0.4, -0.2) is 55.9 Å². The molecule has 2 aliphatic rings. The Balaban J connectivity index is 1.40. The Morgan fingerprint density at radius 3 is 2.97 bits per heavy atom. The number of carbonyl (C=O) groups excluding carboxylic acids is 1. The summed E-state index contributed by atoms with van der Waals surface area (Å²) in [6, 6.07) is 5.51. The Kier molecular flexibility index (Phi) is 4.85. The minimum absolute atomic E-state index is 0.220. The van der Waals surface area contributed by atoms with Crippen molar-refractivity contribution in [1.29, 1.82) is 0 Å². The zero-order valence-electron chi connectivity index (χ0n) is 17.3. The molecule has 0 aliphatic heterocycles. The van der Waals surface area contributed by atoms with Gasteiger partial charge in [-0.3, -0.25) is 4.79 Å². The average molecular weight is 423 g/mol. The minimum Gasteiger partial charge on any atom is -0.473 e. The van der Waals surface area contributed by atoms with Gasteiger partial charge in [0.2, 0.25) is 5.88 Å². The van der Waals surface area contributed by atoms with Gasteiger partial charge in [-0.05, 0) is 44.2 Å². The van der Waals surface area contributed by atoms with E-state index in [0.29, 0.717) is 47.4 Å². The number of amides is 1. The highest BCUT2D eigenvalue weighted by atomic mass is 16.5. The highest BCUT2D eigenvalue weighted by Crippen LogP contribution is 2.37. The van der Waals surface area contributed by atoms with Crippen molar-refractivity contribution in [3.63, 3.8) is 0 Å². The number of aromatic nitrogens is 4. The largest absolute Gasteiger partial charge is 0.473 e. The quantitative estimate of drug-likeness (QED) is 0.412. The monoisotopic (exact) mass is 423 g/mol. The summed E-state index contributed by atoms with van der Waals surface area (Å²) >= 11 is 0. The van der Waals surface area contributed by atoms with E-state index in [9.17, 15) is 9.90 Å². The number of carbonyl (C=O) groups is 1. The molecule has 0 saturated heterocycles.